The minimum atomic E-state index is -0.279. The summed E-state index contributed by atoms with van der Waals surface area (Å²) in [4.78, 5) is 12.5. The lowest BCUT2D eigenvalue weighted by molar-refractivity contribution is -0.111. The molecular formula is C28H25Cl2N3O3. The average Bonchev–Trinajstić information content (AvgIpc) is 3.31. The van der Waals surface area contributed by atoms with Crippen molar-refractivity contribution >= 4 is 40.9 Å². The molecule has 0 fully saturated rings. The number of benzene rings is 3. The number of methoxy groups -OCH3 is 1. The number of anilines is 1. The van der Waals surface area contributed by atoms with E-state index in [0.29, 0.717) is 28.9 Å². The number of nitrogens with one attached hydrogen (secondary N) is 1. The van der Waals surface area contributed by atoms with Gasteiger partial charge in [-0.2, -0.15) is 5.10 Å². The zero-order chi connectivity index (χ0) is 25.5. The van der Waals surface area contributed by atoms with Gasteiger partial charge in [0.2, 0.25) is 5.91 Å². The Morgan fingerprint density at radius 1 is 1.08 bits per heavy atom. The molecule has 4 aromatic rings. The second-order valence-corrected chi connectivity index (χ2v) is 8.94. The third-order valence-electron chi connectivity index (χ3n) is 5.43. The van der Waals surface area contributed by atoms with Gasteiger partial charge in [0, 0.05) is 33.4 Å². The van der Waals surface area contributed by atoms with Crippen LogP contribution in [0.4, 0.5) is 5.69 Å². The normalized spacial score (nSPS) is 11.0. The second kappa shape index (κ2) is 11.8. The van der Waals surface area contributed by atoms with Gasteiger partial charge in [0.05, 0.1) is 25.5 Å². The molecule has 184 valence electrons. The lowest BCUT2D eigenvalue weighted by Gasteiger charge is -2.11. The van der Waals surface area contributed by atoms with Crippen LogP contribution in [0.5, 0.6) is 11.5 Å². The predicted molar refractivity (Wildman–Crippen MR) is 144 cm³/mol. The second-order valence-electron chi connectivity index (χ2n) is 8.12. The Morgan fingerprint density at radius 2 is 1.83 bits per heavy atom. The quantitative estimate of drug-likeness (QED) is 0.246. The van der Waals surface area contributed by atoms with E-state index in [1.54, 1.807) is 48.5 Å². The van der Waals surface area contributed by atoms with Crippen molar-refractivity contribution in [2.24, 2.45) is 0 Å². The van der Waals surface area contributed by atoms with E-state index in [1.165, 1.54) is 11.6 Å². The van der Waals surface area contributed by atoms with Gasteiger partial charge in [-0.3, -0.25) is 9.48 Å². The standard InChI is InChI=1S/C28H25Cl2N3O3/c1-19-6-10-23(11-7-19)36-18-21-14-20(8-12-27(21)35-2)9-13-28(34)32-22-15-31-33(16-22)17-24-25(29)4-3-5-26(24)30/h3-16H,17-18H2,1-2H3,(H,32,34)/b13-9+. The van der Waals surface area contributed by atoms with E-state index in [-0.39, 0.29) is 5.91 Å². The van der Waals surface area contributed by atoms with E-state index in [2.05, 4.69) is 10.4 Å². The number of rotatable bonds is 9. The third kappa shape index (κ3) is 6.68. The molecule has 36 heavy (non-hydrogen) atoms. The number of aromatic nitrogens is 2. The molecule has 0 saturated carbocycles. The molecule has 0 atom stereocenters. The number of hydrogen-bond donors (Lipinski definition) is 1. The zero-order valence-electron chi connectivity index (χ0n) is 19.9. The minimum Gasteiger partial charge on any atom is -0.496 e. The fourth-order valence-electron chi connectivity index (χ4n) is 3.53. The Kier molecular flexibility index (Phi) is 8.31. The van der Waals surface area contributed by atoms with Crippen molar-refractivity contribution in [1.82, 2.24) is 9.78 Å². The lowest BCUT2D eigenvalue weighted by Crippen LogP contribution is -2.07. The van der Waals surface area contributed by atoms with Crippen LogP contribution < -0.4 is 14.8 Å². The van der Waals surface area contributed by atoms with Crippen LogP contribution in [-0.2, 0) is 17.9 Å². The number of carbonyl (C=O) groups is 1. The van der Waals surface area contributed by atoms with Gasteiger partial charge >= 0.3 is 0 Å². The number of carbonyl (C=O) groups excluding carboxylic acids is 1. The van der Waals surface area contributed by atoms with E-state index in [0.717, 1.165) is 28.2 Å². The Balaban J connectivity index is 1.38. The highest BCUT2D eigenvalue weighted by atomic mass is 35.5. The van der Waals surface area contributed by atoms with Crippen molar-refractivity contribution in [3.8, 4) is 11.5 Å². The fraction of sp³-hybridized carbons (Fsp3) is 0.143. The molecular weight excluding hydrogens is 497 g/mol. The van der Waals surface area contributed by atoms with Crippen LogP contribution in [0.1, 0.15) is 22.3 Å². The Labute approximate surface area is 220 Å². The van der Waals surface area contributed by atoms with Crippen LogP contribution in [0.25, 0.3) is 6.08 Å². The Morgan fingerprint density at radius 3 is 2.56 bits per heavy atom. The fourth-order valence-corrected chi connectivity index (χ4v) is 4.04. The maximum Gasteiger partial charge on any atom is 0.248 e. The highest BCUT2D eigenvalue weighted by Gasteiger charge is 2.09. The van der Waals surface area contributed by atoms with E-state index >= 15 is 0 Å². The minimum absolute atomic E-state index is 0.279. The molecule has 8 heteroatoms. The van der Waals surface area contributed by atoms with Gasteiger partial charge in [-0.05, 0) is 55.0 Å². The summed E-state index contributed by atoms with van der Waals surface area (Å²) in [5.74, 6) is 1.22. The molecule has 0 saturated heterocycles. The van der Waals surface area contributed by atoms with Crippen LogP contribution >= 0.6 is 23.2 Å². The molecule has 0 aliphatic heterocycles. The topological polar surface area (TPSA) is 65.4 Å². The number of hydrogen-bond acceptors (Lipinski definition) is 4. The molecule has 0 unspecified atom stereocenters. The first-order chi connectivity index (χ1) is 17.4. The van der Waals surface area contributed by atoms with E-state index < -0.39 is 0 Å². The maximum atomic E-state index is 12.5. The van der Waals surface area contributed by atoms with E-state index in [4.69, 9.17) is 32.7 Å². The summed E-state index contributed by atoms with van der Waals surface area (Å²) in [5.41, 5.74) is 4.22. The van der Waals surface area contributed by atoms with Gasteiger partial charge < -0.3 is 14.8 Å². The van der Waals surface area contributed by atoms with Crippen molar-refractivity contribution in [2.45, 2.75) is 20.1 Å². The number of halogens is 2. The molecule has 0 aliphatic carbocycles. The highest BCUT2D eigenvalue weighted by molar-refractivity contribution is 6.35. The first kappa shape index (κ1) is 25.4. The Bertz CT molecular complexity index is 1360. The molecule has 1 N–H and O–H groups in total. The van der Waals surface area contributed by atoms with Gasteiger partial charge in [0.25, 0.3) is 0 Å². The summed E-state index contributed by atoms with van der Waals surface area (Å²) in [6.45, 7) is 2.76. The summed E-state index contributed by atoms with van der Waals surface area (Å²) in [6, 6.07) is 18.9. The smallest absolute Gasteiger partial charge is 0.248 e. The van der Waals surface area contributed by atoms with Gasteiger partial charge in [0.1, 0.15) is 18.1 Å². The lowest BCUT2D eigenvalue weighted by atomic mass is 10.1. The van der Waals surface area contributed by atoms with Crippen LogP contribution in [0.2, 0.25) is 10.0 Å². The SMILES string of the molecule is COc1ccc(/C=C/C(=O)Nc2cnn(Cc3c(Cl)cccc3Cl)c2)cc1COc1ccc(C)cc1. The molecule has 1 amide bonds. The van der Waals surface area contributed by atoms with Crippen molar-refractivity contribution in [2.75, 3.05) is 12.4 Å². The Hall–Kier alpha value is -3.74. The predicted octanol–water partition coefficient (Wildman–Crippen LogP) is 6.79. The number of amides is 1. The number of nitrogens with zero attached hydrogens (tertiary/aromatic N) is 2. The van der Waals surface area contributed by atoms with Gasteiger partial charge in [-0.1, -0.05) is 53.0 Å². The van der Waals surface area contributed by atoms with E-state index in [1.807, 2.05) is 49.4 Å². The van der Waals surface area contributed by atoms with Crippen molar-refractivity contribution in [3.05, 3.63) is 111 Å². The summed E-state index contributed by atoms with van der Waals surface area (Å²) < 4.78 is 13.0. The van der Waals surface area contributed by atoms with Crippen LogP contribution in [0.15, 0.2) is 79.1 Å². The molecule has 0 radical (unpaired) electrons. The molecule has 3 aromatic carbocycles. The van der Waals surface area contributed by atoms with Crippen molar-refractivity contribution < 1.29 is 14.3 Å². The summed E-state index contributed by atoms with van der Waals surface area (Å²) >= 11 is 12.5. The molecule has 4 rings (SSSR count). The first-order valence-electron chi connectivity index (χ1n) is 11.2. The molecule has 6 nitrogen and oxygen atoms in total. The number of ether oxygens (including phenoxy) is 2. The van der Waals surface area contributed by atoms with Crippen LogP contribution in [-0.4, -0.2) is 22.8 Å². The molecule has 0 bridgehead atoms. The number of aryl methyl sites for hydroxylation is 1. The maximum absolute atomic E-state index is 12.5. The average molecular weight is 522 g/mol. The van der Waals surface area contributed by atoms with Crippen molar-refractivity contribution in [3.63, 3.8) is 0 Å². The van der Waals surface area contributed by atoms with Crippen LogP contribution in [0, 0.1) is 6.92 Å². The van der Waals surface area contributed by atoms with Crippen LogP contribution in [0.3, 0.4) is 0 Å². The molecule has 1 aromatic heterocycles. The molecule has 1 heterocycles. The first-order valence-corrected chi connectivity index (χ1v) is 12.0. The van der Waals surface area contributed by atoms with Gasteiger partial charge in [-0.15, -0.1) is 0 Å². The monoisotopic (exact) mass is 521 g/mol. The van der Waals surface area contributed by atoms with Gasteiger partial charge in [0.15, 0.2) is 0 Å². The molecule has 0 spiro atoms. The highest BCUT2D eigenvalue weighted by Crippen LogP contribution is 2.26. The molecule has 0 aliphatic rings. The summed E-state index contributed by atoms with van der Waals surface area (Å²) in [7, 11) is 1.62. The van der Waals surface area contributed by atoms with E-state index in [9.17, 15) is 4.79 Å². The van der Waals surface area contributed by atoms with Crippen molar-refractivity contribution in [1.29, 1.82) is 0 Å². The van der Waals surface area contributed by atoms with Gasteiger partial charge in [-0.25, -0.2) is 0 Å². The largest absolute Gasteiger partial charge is 0.496 e. The summed E-state index contributed by atoms with van der Waals surface area (Å²) in [5, 5.41) is 8.22. The zero-order valence-corrected chi connectivity index (χ0v) is 21.4. The summed E-state index contributed by atoms with van der Waals surface area (Å²) in [6.07, 6.45) is 6.50. The third-order valence-corrected chi connectivity index (χ3v) is 6.14.